The minimum absolute atomic E-state index is 0.00949. The fourth-order valence-electron chi connectivity index (χ4n) is 2.62. The van der Waals surface area contributed by atoms with Crippen molar-refractivity contribution in [3.8, 4) is 0 Å². The quantitative estimate of drug-likeness (QED) is 0.829. The number of halogens is 2. The van der Waals surface area contributed by atoms with Crippen molar-refractivity contribution in [1.82, 2.24) is 4.72 Å². The summed E-state index contributed by atoms with van der Waals surface area (Å²) in [7, 11) is -3.74. The normalized spacial score (nSPS) is 27.0. The lowest BCUT2D eigenvalue weighted by Crippen LogP contribution is -2.45. The van der Waals surface area contributed by atoms with E-state index in [1.165, 1.54) is 6.07 Å². The molecule has 1 heterocycles. The second-order valence-corrected chi connectivity index (χ2v) is 9.61. The van der Waals surface area contributed by atoms with E-state index < -0.39 is 15.6 Å². The highest BCUT2D eigenvalue weighted by Gasteiger charge is 2.34. The Hall–Kier alpha value is 0.150. The molecular formula is C13H19Cl2NO3S2. The maximum absolute atomic E-state index is 12.2. The van der Waals surface area contributed by atoms with Gasteiger partial charge in [-0.2, -0.15) is 0 Å². The number of sulfonamides is 1. The molecule has 0 spiro atoms. The topological polar surface area (TPSA) is 66.4 Å². The molecule has 8 heteroatoms. The van der Waals surface area contributed by atoms with E-state index in [4.69, 9.17) is 23.2 Å². The average molecular weight is 372 g/mol. The van der Waals surface area contributed by atoms with Crippen LogP contribution in [0.3, 0.4) is 0 Å². The summed E-state index contributed by atoms with van der Waals surface area (Å²) in [6.07, 6.45) is 4.20. The Morgan fingerprint density at radius 2 is 2.05 bits per heavy atom. The van der Waals surface area contributed by atoms with Crippen LogP contribution in [0.1, 0.15) is 39.0 Å². The van der Waals surface area contributed by atoms with Gasteiger partial charge in [0.1, 0.15) is 9.23 Å². The van der Waals surface area contributed by atoms with Gasteiger partial charge in [-0.3, -0.25) is 0 Å². The van der Waals surface area contributed by atoms with Crippen LogP contribution in [0.5, 0.6) is 0 Å². The van der Waals surface area contributed by atoms with Crippen LogP contribution < -0.4 is 4.72 Å². The van der Waals surface area contributed by atoms with Crippen molar-refractivity contribution in [1.29, 1.82) is 0 Å². The van der Waals surface area contributed by atoms with Gasteiger partial charge in [-0.15, -0.1) is 11.3 Å². The highest BCUT2D eigenvalue weighted by molar-refractivity contribution is 7.89. The van der Waals surface area contributed by atoms with Crippen LogP contribution in [-0.4, -0.2) is 25.7 Å². The molecule has 1 aliphatic rings. The number of nitrogens with one attached hydrogen (secondary N) is 1. The van der Waals surface area contributed by atoms with Gasteiger partial charge in [-0.05, 0) is 37.7 Å². The lowest BCUT2D eigenvalue weighted by molar-refractivity contribution is -0.00442. The lowest BCUT2D eigenvalue weighted by atomic mass is 9.78. The molecule has 0 atom stereocenters. The first-order valence-electron chi connectivity index (χ1n) is 6.92. The Morgan fingerprint density at radius 1 is 1.43 bits per heavy atom. The molecule has 0 amide bonds. The van der Waals surface area contributed by atoms with E-state index in [0.717, 1.165) is 30.6 Å². The lowest BCUT2D eigenvalue weighted by Gasteiger charge is -2.35. The summed E-state index contributed by atoms with van der Waals surface area (Å²) < 4.78 is 27.3. The molecule has 2 N–H and O–H groups in total. The van der Waals surface area contributed by atoms with Crippen LogP contribution in [0.15, 0.2) is 11.0 Å². The fraction of sp³-hybridized carbons (Fsp3) is 0.692. The number of aliphatic hydroxyl groups is 1. The van der Waals surface area contributed by atoms with E-state index >= 15 is 0 Å². The van der Waals surface area contributed by atoms with Gasteiger partial charge in [0.15, 0.2) is 0 Å². The smallest absolute Gasteiger partial charge is 0.243 e. The second kappa shape index (κ2) is 6.72. The van der Waals surface area contributed by atoms with Gasteiger partial charge < -0.3 is 5.11 Å². The Bertz CT molecular complexity index is 593. The summed E-state index contributed by atoms with van der Waals surface area (Å²) in [6, 6.07) is 1.33. The highest BCUT2D eigenvalue weighted by Crippen LogP contribution is 2.36. The molecule has 1 aliphatic carbocycles. The van der Waals surface area contributed by atoms with Crippen molar-refractivity contribution in [3.05, 3.63) is 14.7 Å². The zero-order chi connectivity index (χ0) is 15.7. The molecule has 2 rings (SSSR count). The van der Waals surface area contributed by atoms with E-state index in [1.54, 1.807) is 0 Å². The third-order valence-corrected chi connectivity index (χ3v) is 7.27. The van der Waals surface area contributed by atoms with Gasteiger partial charge >= 0.3 is 0 Å². The molecule has 120 valence electrons. The number of thiophene rings is 1. The first-order chi connectivity index (χ1) is 9.76. The Morgan fingerprint density at radius 3 is 2.52 bits per heavy atom. The van der Waals surface area contributed by atoms with Gasteiger partial charge in [0, 0.05) is 6.54 Å². The molecule has 4 nitrogen and oxygen atoms in total. The largest absolute Gasteiger partial charge is 0.389 e. The summed E-state index contributed by atoms with van der Waals surface area (Å²) in [5.41, 5.74) is -0.967. The average Bonchev–Trinajstić information content (AvgIpc) is 2.78. The van der Waals surface area contributed by atoms with Gasteiger partial charge in [0.25, 0.3) is 0 Å². The predicted octanol–water partition coefficient (Wildman–Crippen LogP) is 3.66. The Balaban J connectivity index is 2.00. The SMILES string of the molecule is CCC1CCC(O)(CNS(=O)(=O)c2cc(Cl)sc2Cl)CC1. The van der Waals surface area contributed by atoms with Crippen LogP contribution in [0.4, 0.5) is 0 Å². The molecule has 21 heavy (non-hydrogen) atoms. The van der Waals surface area contributed by atoms with Crippen LogP contribution >= 0.6 is 34.5 Å². The summed E-state index contributed by atoms with van der Waals surface area (Å²) >= 11 is 12.7. The molecular weight excluding hydrogens is 353 g/mol. The van der Waals surface area contributed by atoms with Crippen molar-refractivity contribution in [3.63, 3.8) is 0 Å². The van der Waals surface area contributed by atoms with E-state index in [2.05, 4.69) is 11.6 Å². The van der Waals surface area contributed by atoms with E-state index in [-0.39, 0.29) is 15.8 Å². The maximum atomic E-state index is 12.2. The highest BCUT2D eigenvalue weighted by atomic mass is 35.5. The van der Waals surface area contributed by atoms with Crippen molar-refractivity contribution in [2.24, 2.45) is 5.92 Å². The van der Waals surface area contributed by atoms with Gasteiger partial charge in [0.2, 0.25) is 10.0 Å². The fourth-order valence-corrected chi connectivity index (χ4v) is 5.88. The summed E-state index contributed by atoms with van der Waals surface area (Å²) in [4.78, 5) is -0.0231. The van der Waals surface area contributed by atoms with E-state index in [1.807, 2.05) is 0 Å². The van der Waals surface area contributed by atoms with Crippen LogP contribution in [0.25, 0.3) is 0 Å². The first-order valence-corrected chi connectivity index (χ1v) is 9.98. The number of hydrogen-bond donors (Lipinski definition) is 2. The predicted molar refractivity (Wildman–Crippen MR) is 86.7 cm³/mol. The third-order valence-electron chi connectivity index (χ3n) is 4.12. The Labute approximate surface area is 139 Å². The maximum Gasteiger partial charge on any atom is 0.243 e. The monoisotopic (exact) mass is 371 g/mol. The zero-order valence-corrected chi connectivity index (χ0v) is 14.9. The molecule has 1 aromatic rings. The minimum Gasteiger partial charge on any atom is -0.389 e. The number of hydrogen-bond acceptors (Lipinski definition) is 4. The second-order valence-electron chi connectivity index (χ2n) is 5.59. The summed E-state index contributed by atoms with van der Waals surface area (Å²) in [5.74, 6) is 0.631. The summed E-state index contributed by atoms with van der Waals surface area (Å²) in [6.45, 7) is 2.15. The molecule has 1 fully saturated rings. The first kappa shape index (κ1) is 17.5. The van der Waals surface area contributed by atoms with E-state index in [0.29, 0.717) is 23.1 Å². The van der Waals surface area contributed by atoms with Crippen LogP contribution in [0, 0.1) is 5.92 Å². The van der Waals surface area contributed by atoms with Crippen LogP contribution in [-0.2, 0) is 10.0 Å². The Kier molecular flexibility index (Phi) is 5.60. The van der Waals surface area contributed by atoms with Crippen molar-refractivity contribution >= 4 is 44.6 Å². The molecule has 0 unspecified atom stereocenters. The molecule has 1 aromatic heterocycles. The zero-order valence-electron chi connectivity index (χ0n) is 11.7. The van der Waals surface area contributed by atoms with Crippen molar-refractivity contribution in [2.45, 2.75) is 49.5 Å². The minimum atomic E-state index is -3.74. The van der Waals surface area contributed by atoms with E-state index in [9.17, 15) is 13.5 Å². The van der Waals surface area contributed by atoms with Gasteiger partial charge in [-0.1, -0.05) is 36.5 Å². The van der Waals surface area contributed by atoms with Gasteiger partial charge in [0.05, 0.1) is 9.94 Å². The van der Waals surface area contributed by atoms with Crippen molar-refractivity contribution < 1.29 is 13.5 Å². The molecule has 0 aliphatic heterocycles. The third kappa shape index (κ3) is 4.33. The molecule has 1 saturated carbocycles. The molecule has 0 bridgehead atoms. The summed E-state index contributed by atoms with van der Waals surface area (Å²) in [5, 5.41) is 10.5. The molecule has 0 radical (unpaired) electrons. The van der Waals surface area contributed by atoms with Crippen LogP contribution in [0.2, 0.25) is 8.67 Å². The van der Waals surface area contributed by atoms with Crippen molar-refractivity contribution in [2.75, 3.05) is 6.54 Å². The standard InChI is InChI=1S/C13H19Cl2NO3S2/c1-2-9-3-5-13(17,6-4-9)8-16-21(18,19)10-7-11(14)20-12(10)15/h7,9,16-17H,2-6,8H2,1H3. The molecule has 0 aromatic carbocycles. The number of rotatable bonds is 5. The van der Waals surface area contributed by atoms with Gasteiger partial charge in [-0.25, -0.2) is 13.1 Å². The molecule has 0 saturated heterocycles.